The Hall–Kier alpha value is -1.99. The van der Waals surface area contributed by atoms with Gasteiger partial charge in [0.05, 0.1) is 24.7 Å². The second-order valence-electron chi connectivity index (χ2n) is 5.18. The standard InChI is InChI=1S/C16H21BrN4O2/c1-11-12(17)3-2-4-14(11)20-16(22)13(18)5-6-15(19)21-7-9-23-10-8-21/h2-6H,7-10,18-19H2,1H3,(H,20,22)/b13-5-,15-6+. The van der Waals surface area contributed by atoms with Crippen molar-refractivity contribution in [3.63, 3.8) is 0 Å². The van der Waals surface area contributed by atoms with Crippen molar-refractivity contribution in [1.29, 1.82) is 0 Å². The molecule has 0 aromatic heterocycles. The van der Waals surface area contributed by atoms with Crippen LogP contribution in [0.5, 0.6) is 0 Å². The summed E-state index contributed by atoms with van der Waals surface area (Å²) in [5.74, 6) is 0.208. The third-order valence-corrected chi connectivity index (χ3v) is 4.45. The minimum atomic E-state index is -0.364. The number of halogens is 1. The SMILES string of the molecule is Cc1c(Br)cccc1NC(=O)/C(N)=C/C=C(\N)N1CCOCC1. The Balaban J connectivity index is 2.02. The number of nitrogens with two attached hydrogens (primary N) is 2. The molecule has 23 heavy (non-hydrogen) atoms. The fourth-order valence-electron chi connectivity index (χ4n) is 2.12. The van der Waals surface area contributed by atoms with E-state index in [-0.39, 0.29) is 11.6 Å². The summed E-state index contributed by atoms with van der Waals surface area (Å²) in [6.45, 7) is 4.68. The van der Waals surface area contributed by atoms with E-state index in [1.54, 1.807) is 6.08 Å². The number of carbonyl (C=O) groups is 1. The van der Waals surface area contributed by atoms with Crippen LogP contribution in [0.2, 0.25) is 0 Å². The van der Waals surface area contributed by atoms with Crippen LogP contribution in [0.4, 0.5) is 5.69 Å². The molecule has 0 saturated carbocycles. The van der Waals surface area contributed by atoms with Gasteiger partial charge in [-0.3, -0.25) is 4.79 Å². The Kier molecular flexibility index (Phi) is 6.06. The highest BCUT2D eigenvalue weighted by atomic mass is 79.9. The number of allylic oxidation sites excluding steroid dienone is 2. The van der Waals surface area contributed by atoms with Gasteiger partial charge in [0.1, 0.15) is 0 Å². The molecule has 1 aliphatic heterocycles. The van der Waals surface area contributed by atoms with Crippen molar-refractivity contribution in [2.24, 2.45) is 11.5 Å². The maximum absolute atomic E-state index is 12.1. The highest BCUT2D eigenvalue weighted by Gasteiger charge is 2.11. The van der Waals surface area contributed by atoms with E-state index in [4.69, 9.17) is 16.2 Å². The van der Waals surface area contributed by atoms with E-state index in [9.17, 15) is 4.79 Å². The molecule has 1 amide bonds. The van der Waals surface area contributed by atoms with Crippen LogP contribution in [0.3, 0.4) is 0 Å². The number of ether oxygens (including phenoxy) is 1. The minimum absolute atomic E-state index is 0.0978. The van der Waals surface area contributed by atoms with Crippen LogP contribution in [0, 0.1) is 6.92 Å². The van der Waals surface area contributed by atoms with Crippen LogP contribution in [0.1, 0.15) is 5.56 Å². The van der Waals surface area contributed by atoms with Gasteiger partial charge in [0.2, 0.25) is 0 Å². The van der Waals surface area contributed by atoms with E-state index in [0.29, 0.717) is 24.7 Å². The zero-order valence-electron chi connectivity index (χ0n) is 13.0. The van der Waals surface area contributed by atoms with E-state index in [1.807, 2.05) is 30.0 Å². The first-order chi connectivity index (χ1) is 11.0. The predicted molar refractivity (Wildman–Crippen MR) is 94.4 cm³/mol. The van der Waals surface area contributed by atoms with Gasteiger partial charge in [-0.05, 0) is 36.8 Å². The molecular formula is C16H21BrN4O2. The highest BCUT2D eigenvalue weighted by Crippen LogP contribution is 2.23. The second-order valence-corrected chi connectivity index (χ2v) is 6.03. The third-order valence-electron chi connectivity index (χ3n) is 3.59. The lowest BCUT2D eigenvalue weighted by Gasteiger charge is -2.28. The van der Waals surface area contributed by atoms with Crippen LogP contribution in [-0.4, -0.2) is 37.1 Å². The summed E-state index contributed by atoms with van der Waals surface area (Å²) in [5.41, 5.74) is 13.6. The lowest BCUT2D eigenvalue weighted by Crippen LogP contribution is -2.38. The molecule has 1 saturated heterocycles. The maximum Gasteiger partial charge on any atom is 0.271 e. The third kappa shape index (κ3) is 4.74. The molecule has 0 unspecified atom stereocenters. The fourth-order valence-corrected chi connectivity index (χ4v) is 2.48. The fraction of sp³-hybridized carbons (Fsp3) is 0.312. The molecule has 5 N–H and O–H groups in total. The van der Waals surface area contributed by atoms with Gasteiger partial charge in [-0.25, -0.2) is 0 Å². The molecule has 7 heteroatoms. The Labute approximate surface area is 144 Å². The van der Waals surface area contributed by atoms with Gasteiger partial charge in [0, 0.05) is 23.2 Å². The predicted octanol–water partition coefficient (Wildman–Crippen LogP) is 1.67. The van der Waals surface area contributed by atoms with Crippen molar-refractivity contribution in [3.05, 3.63) is 51.9 Å². The van der Waals surface area contributed by atoms with E-state index in [1.165, 1.54) is 6.08 Å². The quantitative estimate of drug-likeness (QED) is 0.545. The summed E-state index contributed by atoms with van der Waals surface area (Å²) < 4.78 is 6.19. The van der Waals surface area contributed by atoms with Crippen LogP contribution >= 0.6 is 15.9 Å². The lowest BCUT2D eigenvalue weighted by molar-refractivity contribution is -0.112. The average molecular weight is 381 g/mol. The lowest BCUT2D eigenvalue weighted by atomic mass is 10.2. The number of hydrogen-bond donors (Lipinski definition) is 3. The molecule has 0 atom stereocenters. The van der Waals surface area contributed by atoms with Gasteiger partial charge < -0.3 is 26.4 Å². The summed E-state index contributed by atoms with van der Waals surface area (Å²) in [4.78, 5) is 14.1. The molecule has 1 aromatic rings. The second kappa shape index (κ2) is 8.03. The van der Waals surface area contributed by atoms with Crippen LogP contribution in [-0.2, 0) is 9.53 Å². The zero-order chi connectivity index (χ0) is 16.8. The van der Waals surface area contributed by atoms with Gasteiger partial charge in [-0.2, -0.15) is 0 Å². The summed E-state index contributed by atoms with van der Waals surface area (Å²) in [5, 5.41) is 2.79. The van der Waals surface area contributed by atoms with Crippen molar-refractivity contribution in [1.82, 2.24) is 4.90 Å². The minimum Gasteiger partial charge on any atom is -0.394 e. The summed E-state index contributed by atoms with van der Waals surface area (Å²) in [7, 11) is 0. The topological polar surface area (TPSA) is 93.6 Å². The molecule has 0 aliphatic carbocycles. The van der Waals surface area contributed by atoms with Crippen molar-refractivity contribution in [2.75, 3.05) is 31.6 Å². The Morgan fingerprint density at radius 2 is 2.00 bits per heavy atom. The first kappa shape index (κ1) is 17.4. The Bertz CT molecular complexity index is 637. The molecule has 0 radical (unpaired) electrons. The first-order valence-corrected chi connectivity index (χ1v) is 8.10. The highest BCUT2D eigenvalue weighted by molar-refractivity contribution is 9.10. The number of rotatable bonds is 4. The smallest absolute Gasteiger partial charge is 0.271 e. The number of nitrogens with zero attached hydrogens (tertiary/aromatic N) is 1. The van der Waals surface area contributed by atoms with Gasteiger partial charge in [0.25, 0.3) is 5.91 Å². The van der Waals surface area contributed by atoms with E-state index >= 15 is 0 Å². The van der Waals surface area contributed by atoms with Gasteiger partial charge >= 0.3 is 0 Å². The Morgan fingerprint density at radius 3 is 2.70 bits per heavy atom. The largest absolute Gasteiger partial charge is 0.394 e. The molecule has 2 rings (SSSR count). The Morgan fingerprint density at radius 1 is 1.30 bits per heavy atom. The average Bonchev–Trinajstić information content (AvgIpc) is 2.57. The van der Waals surface area contributed by atoms with Crippen LogP contribution in [0.25, 0.3) is 0 Å². The molecule has 0 spiro atoms. The van der Waals surface area contributed by atoms with Crippen LogP contribution < -0.4 is 16.8 Å². The number of benzene rings is 1. The van der Waals surface area contributed by atoms with E-state index < -0.39 is 0 Å². The summed E-state index contributed by atoms with van der Waals surface area (Å²) in [6.07, 6.45) is 3.17. The molecule has 124 valence electrons. The summed E-state index contributed by atoms with van der Waals surface area (Å²) >= 11 is 3.43. The van der Waals surface area contributed by atoms with E-state index in [2.05, 4.69) is 21.2 Å². The molecule has 1 fully saturated rings. The van der Waals surface area contributed by atoms with Gasteiger partial charge in [-0.1, -0.05) is 22.0 Å². The van der Waals surface area contributed by atoms with Gasteiger partial charge in [-0.15, -0.1) is 0 Å². The molecule has 6 nitrogen and oxygen atoms in total. The van der Waals surface area contributed by atoms with Crippen molar-refractivity contribution >= 4 is 27.5 Å². The number of morpholine rings is 1. The number of nitrogens with one attached hydrogen (secondary N) is 1. The van der Waals surface area contributed by atoms with Crippen molar-refractivity contribution in [2.45, 2.75) is 6.92 Å². The summed E-state index contributed by atoms with van der Waals surface area (Å²) in [6, 6.07) is 5.59. The number of carbonyl (C=O) groups excluding carboxylic acids is 1. The van der Waals surface area contributed by atoms with Crippen molar-refractivity contribution in [3.8, 4) is 0 Å². The maximum atomic E-state index is 12.1. The molecule has 1 aromatic carbocycles. The molecule has 1 heterocycles. The monoisotopic (exact) mass is 380 g/mol. The molecular weight excluding hydrogens is 360 g/mol. The number of hydrogen-bond acceptors (Lipinski definition) is 5. The number of anilines is 1. The zero-order valence-corrected chi connectivity index (χ0v) is 14.6. The number of amides is 1. The van der Waals surface area contributed by atoms with Crippen molar-refractivity contribution < 1.29 is 9.53 Å². The van der Waals surface area contributed by atoms with Crippen LogP contribution in [0.15, 0.2) is 46.3 Å². The molecule has 1 aliphatic rings. The van der Waals surface area contributed by atoms with E-state index in [0.717, 1.165) is 23.1 Å². The normalized spacial score (nSPS) is 16.3. The first-order valence-electron chi connectivity index (χ1n) is 7.31. The molecule has 0 bridgehead atoms. The van der Waals surface area contributed by atoms with Gasteiger partial charge in [0.15, 0.2) is 0 Å².